The van der Waals surface area contributed by atoms with E-state index in [0.717, 1.165) is 12.8 Å². The van der Waals surface area contributed by atoms with E-state index in [0.29, 0.717) is 30.7 Å². The zero-order chi connectivity index (χ0) is 15.6. The van der Waals surface area contributed by atoms with Crippen molar-refractivity contribution >= 4 is 12.6 Å². The van der Waals surface area contributed by atoms with Gasteiger partial charge in [-0.2, -0.15) is 21.4 Å². The van der Waals surface area contributed by atoms with E-state index < -0.39 is 11.8 Å². The first-order valence-electron chi connectivity index (χ1n) is 7.81. The molecule has 0 saturated carbocycles. The van der Waals surface area contributed by atoms with E-state index in [1.165, 1.54) is 0 Å². The van der Waals surface area contributed by atoms with E-state index in [2.05, 4.69) is 22.9 Å². The summed E-state index contributed by atoms with van der Waals surface area (Å²) in [6, 6.07) is -0.0108. The van der Waals surface area contributed by atoms with Crippen molar-refractivity contribution in [3.05, 3.63) is 11.4 Å². The molecule has 0 bridgehead atoms. The quantitative estimate of drug-likeness (QED) is 0.842. The van der Waals surface area contributed by atoms with Crippen LogP contribution in [-0.2, 0) is 12.3 Å². The first kappa shape index (κ1) is 16.7. The van der Waals surface area contributed by atoms with Gasteiger partial charge in [-0.05, 0) is 38.5 Å². The molecule has 1 aromatic rings. The maximum Gasteiger partial charge on any atom is 0.296 e. The summed E-state index contributed by atoms with van der Waals surface area (Å²) < 4.78 is 31.5. The molecule has 0 spiro atoms. The van der Waals surface area contributed by atoms with Crippen LogP contribution in [0.15, 0.2) is 0 Å². The van der Waals surface area contributed by atoms with Crippen molar-refractivity contribution < 1.29 is 8.78 Å². The largest absolute Gasteiger partial charge is 0.296 e. The second kappa shape index (κ2) is 6.63. The standard InChI is InChI=1S/C15H25F2N3S/c1-10(2)8-12-6-4-5-7-13-14(15(12,16)17)18-19-20(13)11(3)9-21/h10-12,21H,4-9H2,1-3H3. The number of thiol groups is 1. The van der Waals surface area contributed by atoms with E-state index in [9.17, 15) is 8.78 Å². The Bertz CT molecular complexity index is 473. The predicted octanol–water partition coefficient (Wildman–Crippen LogP) is 4.25. The van der Waals surface area contributed by atoms with Crippen LogP contribution in [0.25, 0.3) is 0 Å². The highest BCUT2D eigenvalue weighted by molar-refractivity contribution is 7.80. The lowest BCUT2D eigenvalue weighted by molar-refractivity contribution is -0.0820. The number of rotatable bonds is 4. The summed E-state index contributed by atoms with van der Waals surface area (Å²) in [5.74, 6) is -2.69. The number of aromatic nitrogens is 3. The van der Waals surface area contributed by atoms with Gasteiger partial charge in [-0.1, -0.05) is 25.5 Å². The molecule has 120 valence electrons. The summed E-state index contributed by atoms with van der Waals surface area (Å²) in [5.41, 5.74) is 0.511. The molecular weight excluding hydrogens is 292 g/mol. The van der Waals surface area contributed by atoms with Gasteiger partial charge in [0.05, 0.1) is 11.7 Å². The average Bonchev–Trinajstić information content (AvgIpc) is 2.83. The predicted molar refractivity (Wildman–Crippen MR) is 83.0 cm³/mol. The van der Waals surface area contributed by atoms with E-state index >= 15 is 0 Å². The van der Waals surface area contributed by atoms with Gasteiger partial charge in [0.25, 0.3) is 5.92 Å². The van der Waals surface area contributed by atoms with Crippen molar-refractivity contribution in [2.24, 2.45) is 11.8 Å². The monoisotopic (exact) mass is 317 g/mol. The summed E-state index contributed by atoms with van der Waals surface area (Å²) in [6.45, 7) is 5.93. The van der Waals surface area contributed by atoms with E-state index in [4.69, 9.17) is 0 Å². The number of nitrogens with zero attached hydrogens (tertiary/aromatic N) is 3. The summed E-state index contributed by atoms with van der Waals surface area (Å²) in [5, 5.41) is 7.87. The molecule has 1 heterocycles. The lowest BCUT2D eigenvalue weighted by Crippen LogP contribution is -2.30. The Morgan fingerprint density at radius 2 is 2.05 bits per heavy atom. The molecule has 1 aliphatic rings. The Morgan fingerprint density at radius 1 is 1.33 bits per heavy atom. The third-order valence-electron chi connectivity index (χ3n) is 4.27. The third-order valence-corrected chi connectivity index (χ3v) is 4.80. The molecule has 2 atom stereocenters. The SMILES string of the molecule is CC(C)CC1CCCCc2c(nnn2C(C)CS)C1(F)F. The smallest absolute Gasteiger partial charge is 0.245 e. The van der Waals surface area contributed by atoms with Crippen molar-refractivity contribution in [3.8, 4) is 0 Å². The fourth-order valence-corrected chi connectivity index (χ4v) is 3.28. The molecule has 2 rings (SSSR count). The lowest BCUT2D eigenvalue weighted by atomic mass is 9.83. The zero-order valence-electron chi connectivity index (χ0n) is 13.0. The molecule has 2 unspecified atom stereocenters. The van der Waals surface area contributed by atoms with Crippen LogP contribution < -0.4 is 0 Å². The normalized spacial score (nSPS) is 23.5. The summed E-state index contributed by atoms with van der Waals surface area (Å²) >= 11 is 4.25. The van der Waals surface area contributed by atoms with Gasteiger partial charge in [-0.25, -0.2) is 4.68 Å². The first-order chi connectivity index (χ1) is 9.87. The molecule has 6 heteroatoms. The Hall–Kier alpha value is -0.650. The average molecular weight is 317 g/mol. The molecule has 0 aromatic carbocycles. The van der Waals surface area contributed by atoms with Crippen LogP contribution in [0, 0.1) is 11.8 Å². The molecule has 0 aliphatic heterocycles. The molecule has 0 radical (unpaired) electrons. The van der Waals surface area contributed by atoms with Gasteiger partial charge in [0, 0.05) is 11.7 Å². The van der Waals surface area contributed by atoms with Crippen LogP contribution in [0.1, 0.15) is 63.9 Å². The molecule has 3 nitrogen and oxygen atoms in total. The molecule has 0 N–H and O–H groups in total. The minimum absolute atomic E-state index is 0.0108. The van der Waals surface area contributed by atoms with Crippen molar-refractivity contribution in [1.29, 1.82) is 0 Å². The highest BCUT2D eigenvalue weighted by atomic mass is 32.1. The lowest BCUT2D eigenvalue weighted by Gasteiger charge is -2.29. The van der Waals surface area contributed by atoms with Gasteiger partial charge >= 0.3 is 0 Å². The first-order valence-corrected chi connectivity index (χ1v) is 8.44. The maximum atomic E-state index is 14.9. The number of fused-ring (bicyclic) bond motifs is 1. The van der Waals surface area contributed by atoms with Crippen LogP contribution in [0.3, 0.4) is 0 Å². The highest BCUT2D eigenvalue weighted by Crippen LogP contribution is 2.44. The number of alkyl halides is 2. The van der Waals surface area contributed by atoms with Crippen LogP contribution in [0.4, 0.5) is 8.78 Å². The van der Waals surface area contributed by atoms with Gasteiger partial charge in [-0.3, -0.25) is 0 Å². The van der Waals surface area contributed by atoms with Crippen molar-refractivity contribution in [2.45, 2.75) is 64.8 Å². The second-order valence-electron chi connectivity index (χ2n) is 6.56. The molecule has 0 fully saturated rings. The van der Waals surface area contributed by atoms with E-state index in [1.807, 2.05) is 20.8 Å². The highest BCUT2D eigenvalue weighted by Gasteiger charge is 2.46. The Morgan fingerprint density at radius 3 is 2.67 bits per heavy atom. The minimum Gasteiger partial charge on any atom is -0.245 e. The summed E-state index contributed by atoms with van der Waals surface area (Å²) in [7, 11) is 0. The minimum atomic E-state index is -2.88. The van der Waals surface area contributed by atoms with Gasteiger partial charge in [0.1, 0.15) is 0 Å². The van der Waals surface area contributed by atoms with Gasteiger partial charge in [0.2, 0.25) is 0 Å². The van der Waals surface area contributed by atoms with Crippen LogP contribution in [-0.4, -0.2) is 20.7 Å². The van der Waals surface area contributed by atoms with Gasteiger partial charge in [-0.15, -0.1) is 5.10 Å². The fraction of sp³-hybridized carbons (Fsp3) is 0.867. The van der Waals surface area contributed by atoms with Gasteiger partial charge in [0.15, 0.2) is 5.69 Å². The number of hydrogen-bond donors (Lipinski definition) is 1. The maximum absolute atomic E-state index is 14.9. The molecule has 0 amide bonds. The van der Waals surface area contributed by atoms with Crippen molar-refractivity contribution in [1.82, 2.24) is 15.0 Å². The number of hydrogen-bond acceptors (Lipinski definition) is 3. The summed E-state index contributed by atoms with van der Waals surface area (Å²) in [6.07, 6.45) is 3.49. The Kier molecular flexibility index (Phi) is 5.28. The van der Waals surface area contributed by atoms with Crippen molar-refractivity contribution in [2.75, 3.05) is 5.75 Å². The second-order valence-corrected chi connectivity index (χ2v) is 6.92. The molecular formula is C15H25F2N3S. The molecule has 0 saturated heterocycles. The molecule has 21 heavy (non-hydrogen) atoms. The van der Waals surface area contributed by atoms with E-state index in [-0.39, 0.29) is 17.7 Å². The van der Waals surface area contributed by atoms with E-state index in [1.54, 1.807) is 4.68 Å². The molecule has 1 aromatic heterocycles. The van der Waals surface area contributed by atoms with Crippen LogP contribution in [0.5, 0.6) is 0 Å². The Balaban J connectivity index is 2.40. The summed E-state index contributed by atoms with van der Waals surface area (Å²) in [4.78, 5) is 0. The van der Waals surface area contributed by atoms with Crippen LogP contribution >= 0.6 is 12.6 Å². The Labute approximate surface area is 130 Å². The molecule has 1 aliphatic carbocycles. The topological polar surface area (TPSA) is 30.7 Å². The third kappa shape index (κ3) is 3.41. The number of halogens is 2. The zero-order valence-corrected chi connectivity index (χ0v) is 13.9. The van der Waals surface area contributed by atoms with Crippen molar-refractivity contribution in [3.63, 3.8) is 0 Å². The van der Waals surface area contributed by atoms with Gasteiger partial charge < -0.3 is 0 Å². The van der Waals surface area contributed by atoms with Crippen LogP contribution in [0.2, 0.25) is 0 Å². The fourth-order valence-electron chi connectivity index (χ4n) is 3.13.